The van der Waals surface area contributed by atoms with E-state index in [-0.39, 0.29) is 58.8 Å². The minimum atomic E-state index is -0.461. The number of hydrogen-bond acceptors (Lipinski definition) is 3. The zero-order valence-electron chi connectivity index (χ0n) is 11.7. The van der Waals surface area contributed by atoms with E-state index in [0.717, 1.165) is 0 Å². The Morgan fingerprint density at radius 3 is 2.60 bits per heavy atom. The molecular weight excluding hydrogens is 336 g/mol. The molecule has 0 aliphatic carbocycles. The van der Waals surface area contributed by atoms with Crippen molar-refractivity contribution in [1.82, 2.24) is 5.32 Å². The zero-order valence-corrected chi connectivity index (χ0v) is 14.5. The van der Waals surface area contributed by atoms with E-state index in [1.165, 1.54) is 18.2 Å². The van der Waals surface area contributed by atoms with Crippen molar-refractivity contribution in [1.29, 1.82) is 0 Å². The van der Waals surface area contributed by atoms with Gasteiger partial charge in [-0.15, -0.1) is 6.07 Å². The van der Waals surface area contributed by atoms with Gasteiger partial charge in [0.2, 0.25) is 11.8 Å². The van der Waals surface area contributed by atoms with Crippen molar-refractivity contribution in [3.8, 4) is 0 Å². The summed E-state index contributed by atoms with van der Waals surface area (Å²) in [5.41, 5.74) is 0.883. The van der Waals surface area contributed by atoms with Gasteiger partial charge in [0.1, 0.15) is 6.04 Å². The van der Waals surface area contributed by atoms with E-state index in [1.54, 1.807) is 0 Å². The number of hydrogen-bond donors (Lipinski definition) is 2. The van der Waals surface area contributed by atoms with Gasteiger partial charge in [-0.1, -0.05) is 26.0 Å². The fraction of sp³-hybridized carbons (Fsp3) is 0.357. The van der Waals surface area contributed by atoms with Gasteiger partial charge < -0.3 is 5.32 Å². The second-order valence-corrected chi connectivity index (χ2v) is 3.95. The molecule has 0 aromatic heterocycles. The second kappa shape index (κ2) is 9.08. The van der Waals surface area contributed by atoms with E-state index in [9.17, 15) is 14.0 Å². The normalized spacial score (nSPS) is 17.2. The summed E-state index contributed by atoms with van der Waals surface area (Å²) >= 11 is 0. The molecule has 1 aliphatic rings. The summed E-state index contributed by atoms with van der Waals surface area (Å²) in [6.45, 7) is 7.54. The van der Waals surface area contributed by atoms with Crippen molar-refractivity contribution < 1.29 is 49.5 Å². The van der Waals surface area contributed by atoms with E-state index < -0.39 is 6.04 Å². The third kappa shape index (κ3) is 5.21. The molecule has 2 N–H and O–H groups in total. The molecule has 2 amide bonds. The first-order chi connectivity index (χ1) is 9.06. The van der Waals surface area contributed by atoms with Gasteiger partial charge in [-0.2, -0.15) is 12.5 Å². The van der Waals surface area contributed by atoms with Gasteiger partial charge in [0.15, 0.2) is 0 Å². The first kappa shape index (κ1) is 19.1. The standard InChI is InChI=1S/C12H12FN2O2.C2H6.Y.2H2/c1-7-6-8(2-3-9(7)13)14-10-4-5-11(16)15-12(10)17;1-2;;;/h2-3,6,10,14H,1,4-5H2,(H,15,16,17);1-2H3;;2*1H/q-1;;;;. The number of nitrogens with one attached hydrogen (secondary N) is 2. The average Bonchev–Trinajstić information content (AvgIpc) is 2.39. The second-order valence-electron chi connectivity index (χ2n) is 3.95. The molecule has 0 spiro atoms. The van der Waals surface area contributed by atoms with Crippen LogP contribution in [0.2, 0.25) is 0 Å². The Labute approximate surface area is 146 Å². The van der Waals surface area contributed by atoms with Crippen molar-refractivity contribution in [3.63, 3.8) is 0 Å². The largest absolute Gasteiger partial charge is 0.384 e. The maximum Gasteiger partial charge on any atom is 0.249 e. The third-order valence-electron chi connectivity index (χ3n) is 2.63. The number of imide groups is 1. The zero-order chi connectivity index (χ0) is 14.4. The summed E-state index contributed by atoms with van der Waals surface area (Å²) in [6, 6.07) is 3.89. The summed E-state index contributed by atoms with van der Waals surface area (Å²) in [6.07, 6.45) is 0.746. The molecule has 1 aliphatic heterocycles. The van der Waals surface area contributed by atoms with Crippen molar-refractivity contribution in [2.24, 2.45) is 0 Å². The Morgan fingerprint density at radius 1 is 1.40 bits per heavy atom. The first-order valence-corrected chi connectivity index (χ1v) is 6.28. The Balaban J connectivity index is -0.000000693. The van der Waals surface area contributed by atoms with Crippen LogP contribution in [0, 0.1) is 12.7 Å². The number of piperidine rings is 1. The molecule has 1 radical (unpaired) electrons. The number of carbonyl (C=O) groups is 2. The Bertz CT molecular complexity index is 490. The van der Waals surface area contributed by atoms with Crippen LogP contribution in [0.25, 0.3) is 0 Å². The summed E-state index contributed by atoms with van der Waals surface area (Å²) in [7, 11) is 0. The van der Waals surface area contributed by atoms with Crippen LogP contribution in [0.4, 0.5) is 10.1 Å². The first-order valence-electron chi connectivity index (χ1n) is 6.28. The molecule has 0 bridgehead atoms. The van der Waals surface area contributed by atoms with Crippen LogP contribution >= 0.6 is 0 Å². The van der Waals surface area contributed by atoms with Gasteiger partial charge in [0.25, 0.3) is 0 Å². The molecule has 6 heteroatoms. The Hall–Kier alpha value is -0.936. The summed E-state index contributed by atoms with van der Waals surface area (Å²) in [4.78, 5) is 22.4. The predicted octanol–water partition coefficient (Wildman–Crippen LogP) is 2.74. The monoisotopic (exact) mass is 358 g/mol. The molecule has 1 aromatic rings. The van der Waals surface area contributed by atoms with Crippen molar-refractivity contribution >= 4 is 17.5 Å². The smallest absolute Gasteiger partial charge is 0.249 e. The summed E-state index contributed by atoms with van der Waals surface area (Å²) < 4.78 is 13.0. The third-order valence-corrected chi connectivity index (χ3v) is 2.63. The minimum Gasteiger partial charge on any atom is -0.384 e. The van der Waals surface area contributed by atoms with Crippen LogP contribution in [0.3, 0.4) is 0 Å². The van der Waals surface area contributed by atoms with Crippen LogP contribution in [-0.2, 0) is 42.3 Å². The number of carbonyl (C=O) groups excluding carboxylic acids is 2. The van der Waals surface area contributed by atoms with E-state index in [4.69, 9.17) is 0 Å². The molecule has 4 nitrogen and oxygen atoms in total. The molecular formula is C14H22FN2O2Y-. The molecule has 1 saturated heterocycles. The van der Waals surface area contributed by atoms with Crippen LogP contribution in [0.5, 0.6) is 0 Å². The molecule has 1 unspecified atom stereocenters. The van der Waals surface area contributed by atoms with Crippen molar-refractivity contribution in [3.05, 3.63) is 36.5 Å². The summed E-state index contributed by atoms with van der Waals surface area (Å²) in [5.74, 6) is -1.000. The van der Waals surface area contributed by atoms with Crippen molar-refractivity contribution in [2.75, 3.05) is 5.32 Å². The Morgan fingerprint density at radius 2 is 2.05 bits per heavy atom. The van der Waals surface area contributed by atoms with E-state index >= 15 is 0 Å². The van der Waals surface area contributed by atoms with Gasteiger partial charge in [-0.3, -0.25) is 19.3 Å². The molecule has 2 rings (SSSR count). The molecule has 1 heterocycles. The summed E-state index contributed by atoms with van der Waals surface area (Å²) in [5, 5.41) is 5.19. The van der Waals surface area contributed by atoms with E-state index in [0.29, 0.717) is 18.5 Å². The average molecular weight is 358 g/mol. The fourth-order valence-corrected chi connectivity index (χ4v) is 1.70. The predicted molar refractivity (Wildman–Crippen MR) is 76.2 cm³/mol. The van der Waals surface area contributed by atoms with E-state index in [1.807, 2.05) is 13.8 Å². The Kier molecular flexibility index (Phi) is 8.66. The number of halogens is 1. The van der Waals surface area contributed by atoms with Gasteiger partial charge in [-0.05, 0) is 12.1 Å². The van der Waals surface area contributed by atoms with Gasteiger partial charge in [-0.25, -0.2) is 0 Å². The number of benzene rings is 1. The van der Waals surface area contributed by atoms with Gasteiger partial charge in [0.05, 0.1) is 0 Å². The maximum atomic E-state index is 13.0. The topological polar surface area (TPSA) is 58.2 Å². The molecule has 20 heavy (non-hydrogen) atoms. The molecule has 0 saturated carbocycles. The fourth-order valence-electron chi connectivity index (χ4n) is 1.70. The number of anilines is 1. The van der Waals surface area contributed by atoms with Crippen LogP contribution in [0.1, 0.15) is 35.1 Å². The number of amides is 2. The molecule has 1 atom stereocenters. The molecule has 111 valence electrons. The van der Waals surface area contributed by atoms with Crippen LogP contribution in [-0.4, -0.2) is 17.9 Å². The van der Waals surface area contributed by atoms with Crippen molar-refractivity contribution in [2.45, 2.75) is 32.7 Å². The van der Waals surface area contributed by atoms with Crippen LogP contribution in [0.15, 0.2) is 18.2 Å². The maximum absolute atomic E-state index is 13.0. The van der Waals surface area contributed by atoms with Gasteiger partial charge >= 0.3 is 0 Å². The van der Waals surface area contributed by atoms with Gasteiger partial charge in [0, 0.05) is 47.8 Å². The minimum absolute atomic E-state index is 0. The molecule has 1 aromatic carbocycles. The number of rotatable bonds is 2. The van der Waals surface area contributed by atoms with Crippen LogP contribution < -0.4 is 10.6 Å². The van der Waals surface area contributed by atoms with E-state index in [2.05, 4.69) is 17.6 Å². The SMILES string of the molecule is CC.[CH2-]c1cc(NC2CCC(=O)NC2=O)ccc1F.[HH].[HH].[Y]. The molecule has 1 fully saturated rings. The quantitative estimate of drug-likeness (QED) is 0.631.